The summed E-state index contributed by atoms with van der Waals surface area (Å²) in [6.07, 6.45) is 9.95. The van der Waals surface area contributed by atoms with E-state index in [1.165, 1.54) is 56.1 Å². The minimum atomic E-state index is 0.0682. The predicted octanol–water partition coefficient (Wildman–Crippen LogP) is 4.63. The van der Waals surface area contributed by atoms with E-state index in [4.69, 9.17) is 12.2 Å². The third-order valence-electron chi connectivity index (χ3n) is 8.81. The highest BCUT2D eigenvalue weighted by molar-refractivity contribution is 7.80. The van der Waals surface area contributed by atoms with Gasteiger partial charge in [0, 0.05) is 37.8 Å². The number of hydrogen-bond acceptors (Lipinski definition) is 3. The Morgan fingerprint density at radius 2 is 1.79 bits per heavy atom. The number of benzene rings is 1. The maximum Gasteiger partial charge on any atom is 0.239 e. The quantitative estimate of drug-likeness (QED) is 0.597. The number of thiocarbonyl (C=S) groups is 1. The van der Waals surface area contributed by atoms with Gasteiger partial charge in [-0.25, -0.2) is 0 Å². The molecule has 5 nitrogen and oxygen atoms in total. The summed E-state index contributed by atoms with van der Waals surface area (Å²) in [5.74, 6) is 1.28. The minimum absolute atomic E-state index is 0.0682. The van der Waals surface area contributed by atoms with Crippen molar-refractivity contribution in [1.29, 1.82) is 0 Å². The van der Waals surface area contributed by atoms with Crippen molar-refractivity contribution in [3.63, 3.8) is 0 Å². The number of nitrogens with one attached hydrogen (secondary N) is 2. The molecule has 2 saturated carbocycles. The van der Waals surface area contributed by atoms with E-state index >= 15 is 0 Å². The first kappa shape index (κ1) is 25.4. The van der Waals surface area contributed by atoms with Gasteiger partial charge in [-0.15, -0.1) is 0 Å². The molecule has 1 aromatic rings. The van der Waals surface area contributed by atoms with Crippen molar-refractivity contribution in [1.82, 2.24) is 20.4 Å². The average Bonchev–Trinajstić information content (AvgIpc) is 2.84. The van der Waals surface area contributed by atoms with Crippen LogP contribution in [0.15, 0.2) is 24.3 Å². The van der Waals surface area contributed by atoms with Crippen LogP contribution < -0.4 is 10.6 Å². The predicted molar refractivity (Wildman–Crippen MR) is 144 cm³/mol. The monoisotopic (exact) mass is 484 g/mol. The first-order valence-corrected chi connectivity index (χ1v) is 13.9. The van der Waals surface area contributed by atoms with Crippen LogP contribution in [0.3, 0.4) is 0 Å². The molecule has 0 aromatic heterocycles. The topological polar surface area (TPSA) is 47.6 Å². The zero-order valence-corrected chi connectivity index (χ0v) is 22.3. The maximum absolute atomic E-state index is 12.7. The molecular weight excluding hydrogens is 440 g/mol. The largest absolute Gasteiger partial charge is 0.353 e. The summed E-state index contributed by atoms with van der Waals surface area (Å²) < 4.78 is 0. The fourth-order valence-electron chi connectivity index (χ4n) is 6.34. The van der Waals surface area contributed by atoms with Crippen molar-refractivity contribution in [2.75, 3.05) is 26.2 Å². The highest BCUT2D eigenvalue weighted by Gasteiger charge is 2.42. The Hall–Kier alpha value is -1.66. The van der Waals surface area contributed by atoms with E-state index in [0.717, 1.165) is 37.7 Å². The molecule has 4 rings (SSSR count). The molecule has 0 bridgehead atoms. The van der Waals surface area contributed by atoms with Gasteiger partial charge in [0.25, 0.3) is 0 Å². The number of aryl methyl sites for hydroxylation is 1. The molecule has 3 fully saturated rings. The highest BCUT2D eigenvalue weighted by Crippen LogP contribution is 2.37. The first-order chi connectivity index (χ1) is 16.4. The van der Waals surface area contributed by atoms with Crippen LogP contribution in [0.5, 0.6) is 0 Å². The summed E-state index contributed by atoms with van der Waals surface area (Å²) >= 11 is 5.79. The van der Waals surface area contributed by atoms with Crippen LogP contribution in [0.4, 0.5) is 0 Å². The van der Waals surface area contributed by atoms with E-state index in [1.807, 2.05) is 0 Å². The van der Waals surface area contributed by atoms with Gasteiger partial charge in [-0.05, 0) is 55.8 Å². The number of rotatable bonds is 5. The number of carbonyl (C=O) groups excluding carboxylic acids is 1. The summed E-state index contributed by atoms with van der Waals surface area (Å²) in [7, 11) is 0. The van der Waals surface area contributed by atoms with Crippen LogP contribution in [0.1, 0.15) is 76.3 Å². The summed E-state index contributed by atoms with van der Waals surface area (Å²) in [4.78, 5) is 17.7. The molecule has 1 heterocycles. The molecule has 3 atom stereocenters. The lowest BCUT2D eigenvalue weighted by Crippen LogP contribution is -2.64. The molecule has 188 valence electrons. The Morgan fingerprint density at radius 1 is 1.06 bits per heavy atom. The lowest BCUT2D eigenvalue weighted by Gasteiger charge is -2.53. The van der Waals surface area contributed by atoms with Crippen LogP contribution in [0.2, 0.25) is 0 Å². The molecule has 1 spiro atoms. The Morgan fingerprint density at radius 3 is 2.53 bits per heavy atom. The molecule has 0 unspecified atom stereocenters. The van der Waals surface area contributed by atoms with E-state index in [0.29, 0.717) is 17.9 Å². The van der Waals surface area contributed by atoms with E-state index < -0.39 is 0 Å². The number of amides is 1. The molecule has 2 N–H and O–H groups in total. The van der Waals surface area contributed by atoms with Gasteiger partial charge in [0.1, 0.15) is 0 Å². The summed E-state index contributed by atoms with van der Waals surface area (Å²) in [6, 6.07) is 9.28. The Bertz CT molecular complexity index is 835. The summed E-state index contributed by atoms with van der Waals surface area (Å²) in [5.41, 5.74) is 2.89. The second kappa shape index (κ2) is 11.4. The SMILES string of the molecule is Cc1ccc(CN2CCN(C(=S)NCC(=O)N[C@@H]3CCC[C@H](C)[C@H]3C)CC23CCCCC3)cc1. The van der Waals surface area contributed by atoms with Crippen molar-refractivity contribution in [3.05, 3.63) is 35.4 Å². The fourth-order valence-corrected chi connectivity index (χ4v) is 6.57. The third kappa shape index (κ3) is 6.12. The van der Waals surface area contributed by atoms with Gasteiger partial charge in [-0.3, -0.25) is 9.69 Å². The van der Waals surface area contributed by atoms with Crippen molar-refractivity contribution in [2.24, 2.45) is 11.8 Å². The van der Waals surface area contributed by atoms with Crippen molar-refractivity contribution in [3.8, 4) is 0 Å². The molecule has 1 aromatic carbocycles. The van der Waals surface area contributed by atoms with Crippen LogP contribution in [0.25, 0.3) is 0 Å². The van der Waals surface area contributed by atoms with Gasteiger partial charge in [0.15, 0.2) is 5.11 Å². The molecule has 3 aliphatic rings. The zero-order valence-electron chi connectivity index (χ0n) is 21.4. The fraction of sp³-hybridized carbons (Fsp3) is 0.714. The molecule has 1 aliphatic heterocycles. The normalized spacial score (nSPS) is 27.4. The molecule has 1 amide bonds. The summed E-state index contributed by atoms with van der Waals surface area (Å²) in [6.45, 7) is 10.9. The van der Waals surface area contributed by atoms with Crippen LogP contribution >= 0.6 is 12.2 Å². The number of nitrogens with zero attached hydrogens (tertiary/aromatic N) is 2. The number of hydrogen-bond donors (Lipinski definition) is 2. The van der Waals surface area contributed by atoms with E-state index in [2.05, 4.69) is 65.5 Å². The molecule has 0 radical (unpaired) electrons. The lowest BCUT2D eigenvalue weighted by atomic mass is 9.78. The zero-order chi connectivity index (χ0) is 24.1. The van der Waals surface area contributed by atoms with Crippen LogP contribution in [-0.4, -0.2) is 58.6 Å². The molecule has 6 heteroatoms. The van der Waals surface area contributed by atoms with Crippen LogP contribution in [-0.2, 0) is 11.3 Å². The van der Waals surface area contributed by atoms with Crippen molar-refractivity contribution >= 4 is 23.2 Å². The number of carbonyl (C=O) groups is 1. The minimum Gasteiger partial charge on any atom is -0.353 e. The van der Waals surface area contributed by atoms with Gasteiger partial charge >= 0.3 is 0 Å². The van der Waals surface area contributed by atoms with Gasteiger partial charge < -0.3 is 15.5 Å². The maximum atomic E-state index is 12.7. The second-order valence-corrected chi connectivity index (χ2v) is 11.6. The van der Waals surface area contributed by atoms with Crippen molar-refractivity contribution < 1.29 is 4.79 Å². The Kier molecular flexibility index (Phi) is 8.52. The van der Waals surface area contributed by atoms with E-state index in [-0.39, 0.29) is 18.0 Å². The molecule has 1 saturated heterocycles. The summed E-state index contributed by atoms with van der Waals surface area (Å²) in [5, 5.41) is 7.29. The molecule has 2 aliphatic carbocycles. The third-order valence-corrected chi connectivity index (χ3v) is 9.22. The smallest absolute Gasteiger partial charge is 0.239 e. The van der Waals surface area contributed by atoms with Gasteiger partial charge in [-0.1, -0.05) is 75.8 Å². The van der Waals surface area contributed by atoms with Gasteiger partial charge in [0.05, 0.1) is 6.54 Å². The molecule has 34 heavy (non-hydrogen) atoms. The second-order valence-electron chi connectivity index (χ2n) is 11.2. The standard InChI is InChI=1S/C28H44N4OS/c1-21-10-12-24(13-11-21)19-32-17-16-31(20-28(32)14-5-4-6-15-28)27(34)29-18-26(33)30-25-9-7-8-22(2)23(25)3/h10-13,22-23,25H,4-9,14-20H2,1-3H3,(H,29,34)(H,30,33)/t22-,23+,25+/m0/s1. The lowest BCUT2D eigenvalue weighted by molar-refractivity contribution is -0.121. The van der Waals surface area contributed by atoms with E-state index in [9.17, 15) is 4.79 Å². The highest BCUT2D eigenvalue weighted by atomic mass is 32.1. The van der Waals surface area contributed by atoms with Gasteiger partial charge in [0.2, 0.25) is 5.91 Å². The van der Waals surface area contributed by atoms with E-state index in [1.54, 1.807) is 0 Å². The molecular formula is C28H44N4OS. The average molecular weight is 485 g/mol. The van der Waals surface area contributed by atoms with Gasteiger partial charge in [-0.2, -0.15) is 0 Å². The van der Waals surface area contributed by atoms with Crippen LogP contribution in [0, 0.1) is 18.8 Å². The number of piperazine rings is 1. The first-order valence-electron chi connectivity index (χ1n) is 13.5. The Labute approximate surface area is 212 Å². The van der Waals surface area contributed by atoms with Crippen molar-refractivity contribution in [2.45, 2.75) is 90.3 Å². The Balaban J connectivity index is 1.32.